The smallest absolute Gasteiger partial charge is 0.334 e. The van der Waals surface area contributed by atoms with Crippen LogP contribution in [0.15, 0.2) is 23.8 Å². The van der Waals surface area contributed by atoms with Crippen molar-refractivity contribution >= 4 is 23.7 Å². The van der Waals surface area contributed by atoms with E-state index in [1.807, 2.05) is 0 Å². The fourth-order valence-electron chi connectivity index (χ4n) is 3.94. The molecule has 1 N–H and O–H groups in total. The Kier molecular flexibility index (Phi) is 7.23. The lowest BCUT2D eigenvalue weighted by Crippen LogP contribution is -2.49. The molecule has 0 radical (unpaired) electrons. The zero-order chi connectivity index (χ0) is 22.8. The van der Waals surface area contributed by atoms with Gasteiger partial charge in [0.05, 0.1) is 12.0 Å². The Hall–Kier alpha value is -2.48. The maximum Gasteiger partial charge on any atom is 0.334 e. The first kappa shape index (κ1) is 23.8. The molecule has 2 rings (SSSR count). The molecule has 166 valence electrons. The van der Waals surface area contributed by atoms with Gasteiger partial charge in [-0.25, -0.2) is 9.59 Å². The van der Waals surface area contributed by atoms with Gasteiger partial charge in [-0.1, -0.05) is 19.6 Å². The van der Waals surface area contributed by atoms with Gasteiger partial charge in [0.2, 0.25) is 0 Å². The number of Topliss-reactive ketones (excluding diaryl/α,β-unsaturated/α-hetero) is 1. The fourth-order valence-corrected chi connectivity index (χ4v) is 3.94. The van der Waals surface area contributed by atoms with Gasteiger partial charge < -0.3 is 19.3 Å². The number of esters is 3. The van der Waals surface area contributed by atoms with Gasteiger partial charge in [0.1, 0.15) is 12.2 Å². The normalized spacial score (nSPS) is 35.3. The average molecular weight is 422 g/mol. The van der Waals surface area contributed by atoms with Crippen LogP contribution in [0.3, 0.4) is 0 Å². The largest absolute Gasteiger partial charge is 0.458 e. The highest BCUT2D eigenvalue weighted by atomic mass is 16.6. The van der Waals surface area contributed by atoms with Crippen LogP contribution < -0.4 is 0 Å². The zero-order valence-corrected chi connectivity index (χ0v) is 18.1. The van der Waals surface area contributed by atoms with E-state index in [9.17, 15) is 24.3 Å². The molecule has 1 saturated carbocycles. The second-order valence-corrected chi connectivity index (χ2v) is 8.35. The number of carbonyl (C=O) groups is 4. The molecule has 0 spiro atoms. The van der Waals surface area contributed by atoms with Crippen LogP contribution in [-0.2, 0) is 33.4 Å². The maximum absolute atomic E-state index is 13.0. The van der Waals surface area contributed by atoms with Crippen LogP contribution in [0.4, 0.5) is 0 Å². The summed E-state index contributed by atoms with van der Waals surface area (Å²) in [6.07, 6.45) is -1.27. The maximum atomic E-state index is 13.0. The minimum Gasteiger partial charge on any atom is -0.458 e. The van der Waals surface area contributed by atoms with Gasteiger partial charge in [-0.05, 0) is 33.1 Å². The molecular weight excluding hydrogens is 392 g/mol. The van der Waals surface area contributed by atoms with Crippen molar-refractivity contribution in [2.75, 3.05) is 0 Å². The van der Waals surface area contributed by atoms with Gasteiger partial charge in [-0.15, -0.1) is 0 Å². The third kappa shape index (κ3) is 4.98. The van der Waals surface area contributed by atoms with Crippen LogP contribution in [-0.4, -0.2) is 52.7 Å². The van der Waals surface area contributed by atoms with Crippen LogP contribution in [0.2, 0.25) is 0 Å². The summed E-state index contributed by atoms with van der Waals surface area (Å²) in [7, 11) is 0. The van der Waals surface area contributed by atoms with Crippen LogP contribution in [0.5, 0.6) is 0 Å². The number of aliphatic hydroxyl groups is 1. The van der Waals surface area contributed by atoms with Crippen molar-refractivity contribution in [3.8, 4) is 0 Å². The lowest BCUT2D eigenvalue weighted by Gasteiger charge is -2.37. The second kappa shape index (κ2) is 9.12. The van der Waals surface area contributed by atoms with Crippen molar-refractivity contribution in [2.24, 2.45) is 11.8 Å². The van der Waals surface area contributed by atoms with Crippen molar-refractivity contribution in [3.05, 3.63) is 23.8 Å². The summed E-state index contributed by atoms with van der Waals surface area (Å²) < 4.78 is 16.5. The number of allylic oxidation sites excluding steroid dienone is 1. The lowest BCUT2D eigenvalue weighted by atomic mass is 9.76. The van der Waals surface area contributed by atoms with Crippen molar-refractivity contribution < 1.29 is 38.5 Å². The molecule has 1 aliphatic heterocycles. The molecule has 0 bridgehead atoms. The molecule has 1 heterocycles. The molecule has 0 unspecified atom stereocenters. The summed E-state index contributed by atoms with van der Waals surface area (Å²) in [5.74, 6) is -3.54. The molecule has 0 aromatic rings. The minimum atomic E-state index is -1.66. The summed E-state index contributed by atoms with van der Waals surface area (Å²) in [5.41, 5.74) is -1.19. The molecular formula is C22H30O8. The van der Waals surface area contributed by atoms with Crippen molar-refractivity contribution in [1.29, 1.82) is 0 Å². The van der Waals surface area contributed by atoms with E-state index in [0.29, 0.717) is 5.57 Å². The molecule has 0 aromatic heterocycles. The Morgan fingerprint density at radius 1 is 1.30 bits per heavy atom. The molecule has 2 fully saturated rings. The molecule has 30 heavy (non-hydrogen) atoms. The number of ether oxygens (including phenoxy) is 3. The van der Waals surface area contributed by atoms with Crippen molar-refractivity contribution in [1.82, 2.24) is 0 Å². The third-order valence-electron chi connectivity index (χ3n) is 5.94. The van der Waals surface area contributed by atoms with E-state index in [-0.39, 0.29) is 24.8 Å². The second-order valence-electron chi connectivity index (χ2n) is 8.35. The van der Waals surface area contributed by atoms with Gasteiger partial charge in [-0.3, -0.25) is 9.59 Å². The summed E-state index contributed by atoms with van der Waals surface area (Å²) in [4.78, 5) is 49.5. The lowest BCUT2D eigenvalue weighted by molar-refractivity contribution is -0.174. The van der Waals surface area contributed by atoms with Gasteiger partial charge in [0.25, 0.3) is 0 Å². The SMILES string of the molecule is C=C1C(=O)O[C@@H]2C[C@H](C)[C@@H](O)CC(=O)[C@](C)(OC(C)=O)C[C@@H](OC(=O)/C(C)=C\C)[C@@H]12. The Bertz CT molecular complexity index is 782. The van der Waals surface area contributed by atoms with Crippen molar-refractivity contribution in [2.45, 2.75) is 77.8 Å². The van der Waals surface area contributed by atoms with Crippen molar-refractivity contribution in [3.63, 3.8) is 0 Å². The van der Waals surface area contributed by atoms with Gasteiger partial charge in [0.15, 0.2) is 11.4 Å². The summed E-state index contributed by atoms with van der Waals surface area (Å²) in [6.45, 7) is 11.4. The predicted octanol–water partition coefficient (Wildman–Crippen LogP) is 2.03. The number of hydrogen-bond donors (Lipinski definition) is 1. The molecule has 1 saturated heterocycles. The van der Waals surface area contributed by atoms with Gasteiger partial charge in [-0.2, -0.15) is 0 Å². The minimum absolute atomic E-state index is 0.121. The third-order valence-corrected chi connectivity index (χ3v) is 5.94. The molecule has 8 heteroatoms. The number of aliphatic hydroxyl groups excluding tert-OH is 1. The Balaban J connectivity index is 2.54. The van der Waals surface area contributed by atoms with E-state index in [1.54, 1.807) is 26.8 Å². The van der Waals surface area contributed by atoms with Crippen LogP contribution in [0.1, 0.15) is 53.9 Å². The van der Waals surface area contributed by atoms with E-state index < -0.39 is 59.4 Å². The number of carbonyl (C=O) groups excluding carboxylic acids is 4. The first-order valence-electron chi connectivity index (χ1n) is 10.0. The van der Waals surface area contributed by atoms with Gasteiger partial charge in [0, 0.05) is 30.9 Å². The fraction of sp³-hybridized carbons (Fsp3) is 0.636. The highest BCUT2D eigenvalue weighted by Crippen LogP contribution is 2.40. The molecule has 0 amide bonds. The van der Waals surface area contributed by atoms with E-state index in [4.69, 9.17) is 14.2 Å². The summed E-state index contributed by atoms with van der Waals surface area (Å²) >= 11 is 0. The number of fused-ring (bicyclic) bond motifs is 1. The Labute approximate surface area is 176 Å². The molecule has 8 nitrogen and oxygen atoms in total. The zero-order valence-electron chi connectivity index (χ0n) is 18.1. The van der Waals surface area contributed by atoms with Crippen LogP contribution in [0.25, 0.3) is 0 Å². The Morgan fingerprint density at radius 2 is 1.93 bits per heavy atom. The summed E-state index contributed by atoms with van der Waals surface area (Å²) in [5, 5.41) is 10.5. The standard InChI is InChI=1S/C22H30O8/c1-7-11(2)20(26)29-17-10-22(6,30-14(5)23)18(25)9-15(24)12(3)8-16-19(17)13(4)21(27)28-16/h7,12,15-17,19,24H,4,8-10H2,1-3,5-6H3/b11-7-/t12-,15-,16+,17+,19-,22+/m0/s1. The van der Waals surface area contributed by atoms with E-state index >= 15 is 0 Å². The van der Waals surface area contributed by atoms with E-state index in [0.717, 1.165) is 0 Å². The number of ketones is 1. The number of hydrogen-bond acceptors (Lipinski definition) is 8. The van der Waals surface area contributed by atoms with Crippen LogP contribution in [0, 0.1) is 11.8 Å². The molecule has 1 aliphatic carbocycles. The first-order chi connectivity index (χ1) is 13.9. The molecule has 6 atom stereocenters. The highest BCUT2D eigenvalue weighted by Gasteiger charge is 2.51. The molecule has 0 aromatic carbocycles. The Morgan fingerprint density at radius 3 is 2.50 bits per heavy atom. The topological polar surface area (TPSA) is 116 Å². The van der Waals surface area contributed by atoms with E-state index in [2.05, 4.69) is 6.58 Å². The molecule has 2 aliphatic rings. The first-order valence-corrected chi connectivity index (χ1v) is 10.0. The van der Waals surface area contributed by atoms with E-state index in [1.165, 1.54) is 13.8 Å². The van der Waals surface area contributed by atoms with Crippen LogP contribution >= 0.6 is 0 Å². The predicted molar refractivity (Wildman–Crippen MR) is 106 cm³/mol. The average Bonchev–Trinajstić information content (AvgIpc) is 2.92. The van der Waals surface area contributed by atoms with Gasteiger partial charge >= 0.3 is 17.9 Å². The number of rotatable bonds is 3. The monoisotopic (exact) mass is 422 g/mol. The highest BCUT2D eigenvalue weighted by molar-refractivity contribution is 5.92. The summed E-state index contributed by atoms with van der Waals surface area (Å²) in [6, 6.07) is 0. The quantitative estimate of drug-likeness (QED) is 0.417.